The SMILES string of the molecule is Cc1nc(NC(=O)NCCC(=O)NC(C)(C)C)sc1-c1ccc(S(C)(=O)=O)c(F)c1. The Balaban J connectivity index is 2.00. The third-order valence-corrected chi connectivity index (χ3v) is 6.01. The van der Waals surface area contributed by atoms with Crippen LogP contribution in [0.2, 0.25) is 0 Å². The van der Waals surface area contributed by atoms with Gasteiger partial charge in [-0.2, -0.15) is 0 Å². The molecular weight excluding hydrogens is 431 g/mol. The van der Waals surface area contributed by atoms with Crippen molar-refractivity contribution in [3.05, 3.63) is 29.7 Å². The molecule has 0 aliphatic heterocycles. The largest absolute Gasteiger partial charge is 0.351 e. The number of aryl methyl sites for hydroxylation is 1. The van der Waals surface area contributed by atoms with E-state index >= 15 is 0 Å². The molecule has 3 amide bonds. The lowest BCUT2D eigenvalue weighted by Gasteiger charge is -2.20. The third-order valence-electron chi connectivity index (χ3n) is 3.76. The lowest BCUT2D eigenvalue weighted by atomic mass is 10.1. The molecule has 0 atom stereocenters. The van der Waals surface area contributed by atoms with Crippen molar-refractivity contribution in [1.82, 2.24) is 15.6 Å². The monoisotopic (exact) mass is 456 g/mol. The minimum absolute atomic E-state index is 0.138. The highest BCUT2D eigenvalue weighted by atomic mass is 32.2. The van der Waals surface area contributed by atoms with Gasteiger partial charge in [0.15, 0.2) is 15.0 Å². The van der Waals surface area contributed by atoms with Crippen molar-refractivity contribution in [2.75, 3.05) is 18.1 Å². The highest BCUT2D eigenvalue weighted by molar-refractivity contribution is 7.90. The lowest BCUT2D eigenvalue weighted by Crippen LogP contribution is -2.42. The van der Waals surface area contributed by atoms with Gasteiger partial charge in [-0.05, 0) is 45.4 Å². The first-order valence-electron chi connectivity index (χ1n) is 9.09. The van der Waals surface area contributed by atoms with E-state index in [9.17, 15) is 22.4 Å². The number of rotatable bonds is 6. The number of sulfone groups is 1. The van der Waals surface area contributed by atoms with Gasteiger partial charge in [-0.25, -0.2) is 22.6 Å². The normalized spacial score (nSPS) is 11.8. The highest BCUT2D eigenvalue weighted by Crippen LogP contribution is 2.34. The van der Waals surface area contributed by atoms with Crippen LogP contribution in [0.1, 0.15) is 32.9 Å². The molecule has 0 spiro atoms. The van der Waals surface area contributed by atoms with E-state index in [4.69, 9.17) is 0 Å². The summed E-state index contributed by atoms with van der Waals surface area (Å²) in [5.74, 6) is -1.02. The summed E-state index contributed by atoms with van der Waals surface area (Å²) in [5, 5.41) is 8.26. The van der Waals surface area contributed by atoms with Crippen LogP contribution in [0.4, 0.5) is 14.3 Å². The second-order valence-electron chi connectivity index (χ2n) is 7.78. The highest BCUT2D eigenvalue weighted by Gasteiger charge is 2.18. The van der Waals surface area contributed by atoms with E-state index in [1.807, 2.05) is 20.8 Å². The summed E-state index contributed by atoms with van der Waals surface area (Å²) in [5.41, 5.74) is 0.682. The summed E-state index contributed by atoms with van der Waals surface area (Å²) in [4.78, 5) is 28.3. The van der Waals surface area contributed by atoms with Crippen LogP contribution in [-0.4, -0.2) is 43.7 Å². The van der Waals surface area contributed by atoms with E-state index in [0.717, 1.165) is 23.7 Å². The van der Waals surface area contributed by atoms with E-state index < -0.39 is 21.7 Å². The Morgan fingerprint density at radius 2 is 1.90 bits per heavy atom. The van der Waals surface area contributed by atoms with Gasteiger partial charge in [-0.1, -0.05) is 17.4 Å². The molecule has 2 aromatic rings. The van der Waals surface area contributed by atoms with Crippen molar-refractivity contribution in [2.24, 2.45) is 0 Å². The average Bonchev–Trinajstić information content (AvgIpc) is 2.92. The zero-order valence-electron chi connectivity index (χ0n) is 17.4. The van der Waals surface area contributed by atoms with Crippen LogP contribution < -0.4 is 16.0 Å². The minimum Gasteiger partial charge on any atom is -0.351 e. The van der Waals surface area contributed by atoms with Crippen LogP contribution in [0.15, 0.2) is 23.1 Å². The standard InChI is InChI=1S/C19H25FN4O4S2/c1-11-16(12-6-7-14(13(20)10-12)30(5,27)28)29-18(22-11)23-17(26)21-9-8-15(25)24-19(2,3)4/h6-7,10H,8-9H2,1-5H3,(H,24,25)(H2,21,22,23,26). The number of nitrogens with one attached hydrogen (secondary N) is 3. The molecular formula is C19H25FN4O4S2. The predicted molar refractivity (Wildman–Crippen MR) is 115 cm³/mol. The molecule has 0 saturated carbocycles. The molecule has 30 heavy (non-hydrogen) atoms. The number of thiazole rings is 1. The molecule has 8 nitrogen and oxygen atoms in total. The summed E-state index contributed by atoms with van der Waals surface area (Å²) in [6, 6.07) is 3.32. The number of hydrogen-bond acceptors (Lipinski definition) is 6. The molecule has 0 unspecified atom stereocenters. The Labute approximate surface area is 179 Å². The zero-order valence-corrected chi connectivity index (χ0v) is 19.1. The Bertz CT molecular complexity index is 1060. The maximum Gasteiger partial charge on any atom is 0.321 e. The summed E-state index contributed by atoms with van der Waals surface area (Å²) < 4.78 is 37.3. The van der Waals surface area contributed by atoms with Crippen molar-refractivity contribution in [3.8, 4) is 10.4 Å². The van der Waals surface area contributed by atoms with E-state index in [1.54, 1.807) is 6.92 Å². The number of benzene rings is 1. The smallest absolute Gasteiger partial charge is 0.321 e. The Hall–Kier alpha value is -2.53. The van der Waals surface area contributed by atoms with Crippen molar-refractivity contribution in [2.45, 2.75) is 44.6 Å². The van der Waals surface area contributed by atoms with Gasteiger partial charge in [0, 0.05) is 24.8 Å². The van der Waals surface area contributed by atoms with Crippen molar-refractivity contribution < 1.29 is 22.4 Å². The van der Waals surface area contributed by atoms with Gasteiger partial charge in [0.2, 0.25) is 5.91 Å². The molecule has 164 valence electrons. The van der Waals surface area contributed by atoms with Gasteiger partial charge < -0.3 is 10.6 Å². The quantitative estimate of drug-likeness (QED) is 0.618. The molecule has 0 bridgehead atoms. The summed E-state index contributed by atoms with van der Waals surface area (Å²) in [6.45, 7) is 7.47. The number of urea groups is 1. The first-order valence-corrected chi connectivity index (χ1v) is 11.8. The van der Waals surface area contributed by atoms with E-state index in [-0.39, 0.29) is 29.3 Å². The fraction of sp³-hybridized carbons (Fsp3) is 0.421. The Morgan fingerprint density at radius 3 is 2.47 bits per heavy atom. The van der Waals surface area contributed by atoms with Crippen LogP contribution >= 0.6 is 11.3 Å². The summed E-state index contributed by atoms with van der Waals surface area (Å²) in [6.07, 6.45) is 1.08. The van der Waals surface area contributed by atoms with E-state index in [2.05, 4.69) is 20.9 Å². The van der Waals surface area contributed by atoms with Crippen molar-refractivity contribution in [1.29, 1.82) is 0 Å². The van der Waals surface area contributed by atoms with Gasteiger partial charge in [0.1, 0.15) is 10.7 Å². The number of aromatic nitrogens is 1. The van der Waals surface area contributed by atoms with Gasteiger partial charge in [-0.15, -0.1) is 0 Å². The molecule has 3 N–H and O–H groups in total. The molecule has 11 heteroatoms. The first kappa shape index (κ1) is 23.7. The lowest BCUT2D eigenvalue weighted by molar-refractivity contribution is -0.122. The molecule has 0 saturated heterocycles. The van der Waals surface area contributed by atoms with Crippen molar-refractivity contribution >= 4 is 38.2 Å². The first-order chi connectivity index (χ1) is 13.8. The van der Waals surface area contributed by atoms with Crippen LogP contribution in [-0.2, 0) is 14.6 Å². The topological polar surface area (TPSA) is 117 Å². The molecule has 1 heterocycles. The van der Waals surface area contributed by atoms with E-state index in [1.165, 1.54) is 12.1 Å². The second-order valence-corrected chi connectivity index (χ2v) is 10.8. The summed E-state index contributed by atoms with van der Waals surface area (Å²) >= 11 is 1.13. The van der Waals surface area contributed by atoms with Gasteiger partial charge in [-0.3, -0.25) is 10.1 Å². The van der Waals surface area contributed by atoms with E-state index in [0.29, 0.717) is 21.3 Å². The number of nitrogens with zero attached hydrogens (tertiary/aromatic N) is 1. The van der Waals surface area contributed by atoms with Gasteiger partial charge in [0.25, 0.3) is 0 Å². The number of anilines is 1. The number of amides is 3. The number of halogens is 1. The minimum atomic E-state index is -3.66. The fourth-order valence-electron chi connectivity index (χ4n) is 2.57. The maximum atomic E-state index is 14.2. The molecule has 0 fully saturated rings. The average molecular weight is 457 g/mol. The molecule has 1 aromatic carbocycles. The third kappa shape index (κ3) is 6.77. The van der Waals surface area contributed by atoms with Crippen LogP contribution in [0.5, 0.6) is 0 Å². The Kier molecular flexibility index (Phi) is 7.19. The predicted octanol–water partition coefficient (Wildman–Crippen LogP) is 3.09. The molecule has 2 rings (SSSR count). The molecule has 0 aliphatic carbocycles. The van der Waals surface area contributed by atoms with Crippen LogP contribution in [0, 0.1) is 12.7 Å². The van der Waals surface area contributed by atoms with Crippen LogP contribution in [0.3, 0.4) is 0 Å². The fourth-order valence-corrected chi connectivity index (χ4v) is 4.26. The number of carbonyl (C=O) groups excluding carboxylic acids is 2. The Morgan fingerprint density at radius 1 is 1.23 bits per heavy atom. The number of hydrogen-bond donors (Lipinski definition) is 3. The molecule has 0 radical (unpaired) electrons. The molecule has 1 aromatic heterocycles. The number of carbonyl (C=O) groups is 2. The zero-order chi connectivity index (χ0) is 22.7. The molecule has 0 aliphatic rings. The summed E-state index contributed by atoms with van der Waals surface area (Å²) in [7, 11) is -3.66. The maximum absolute atomic E-state index is 14.2. The van der Waals surface area contributed by atoms with Crippen LogP contribution in [0.25, 0.3) is 10.4 Å². The van der Waals surface area contributed by atoms with Gasteiger partial charge in [0.05, 0.1) is 10.6 Å². The van der Waals surface area contributed by atoms with Crippen molar-refractivity contribution in [3.63, 3.8) is 0 Å². The second kappa shape index (κ2) is 9.09. The van der Waals surface area contributed by atoms with Gasteiger partial charge >= 0.3 is 6.03 Å².